The van der Waals surface area contributed by atoms with E-state index < -0.39 is 24.2 Å². The van der Waals surface area contributed by atoms with Gasteiger partial charge in [-0.2, -0.15) is 0 Å². The van der Waals surface area contributed by atoms with Crippen molar-refractivity contribution in [2.24, 2.45) is 0 Å². The number of hydrogen-bond acceptors (Lipinski definition) is 4. The summed E-state index contributed by atoms with van der Waals surface area (Å²) < 4.78 is 36.2. The molecule has 0 radical (unpaired) electrons. The Hall–Kier alpha value is -2.22. The number of amides is 2. The fourth-order valence-corrected chi connectivity index (χ4v) is 2.56. The Morgan fingerprint density at radius 3 is 2.77 bits per heavy atom. The first kappa shape index (κ1) is 20.1. The standard InChI is InChI=1S/C18H24F2N2O4/c1-18(2,3)26-17(24)22-7-8-25-11-14(22)10-15(23)21-13-6-4-5-12(9-13)16(19)20/h4-6,9,14,16H,7-8,10-11H2,1-3H3,(H,21,23)/t14-/m0/s1. The number of anilines is 1. The summed E-state index contributed by atoms with van der Waals surface area (Å²) in [6, 6.07) is 5.03. The van der Waals surface area contributed by atoms with Crippen molar-refractivity contribution in [3.05, 3.63) is 29.8 Å². The Kier molecular flexibility index (Phi) is 6.52. The fraction of sp³-hybridized carbons (Fsp3) is 0.556. The molecule has 1 heterocycles. The molecule has 2 amide bonds. The van der Waals surface area contributed by atoms with Crippen molar-refractivity contribution in [1.82, 2.24) is 4.90 Å². The molecule has 0 bridgehead atoms. The molecule has 0 unspecified atom stereocenters. The third kappa shape index (κ3) is 5.94. The summed E-state index contributed by atoms with van der Waals surface area (Å²) in [5.74, 6) is -0.388. The van der Waals surface area contributed by atoms with Gasteiger partial charge in [-0.3, -0.25) is 4.79 Å². The largest absolute Gasteiger partial charge is 0.444 e. The van der Waals surface area contributed by atoms with Crippen LogP contribution in [0.3, 0.4) is 0 Å². The van der Waals surface area contributed by atoms with Crippen LogP contribution in [0.15, 0.2) is 24.3 Å². The van der Waals surface area contributed by atoms with Crippen molar-refractivity contribution < 1.29 is 27.8 Å². The van der Waals surface area contributed by atoms with Gasteiger partial charge in [0.25, 0.3) is 6.43 Å². The molecule has 1 atom stereocenters. The minimum Gasteiger partial charge on any atom is -0.444 e. The number of nitrogens with zero attached hydrogens (tertiary/aromatic N) is 1. The Morgan fingerprint density at radius 1 is 1.38 bits per heavy atom. The van der Waals surface area contributed by atoms with Gasteiger partial charge in [0.05, 0.1) is 19.3 Å². The number of benzene rings is 1. The van der Waals surface area contributed by atoms with Gasteiger partial charge in [0, 0.05) is 24.2 Å². The molecule has 1 fully saturated rings. The number of rotatable bonds is 4. The van der Waals surface area contributed by atoms with E-state index in [-0.39, 0.29) is 30.2 Å². The molecule has 8 heteroatoms. The summed E-state index contributed by atoms with van der Waals surface area (Å²) in [6.07, 6.45) is -3.13. The van der Waals surface area contributed by atoms with E-state index in [1.807, 2.05) is 0 Å². The second-order valence-corrected chi connectivity index (χ2v) is 7.08. The van der Waals surface area contributed by atoms with Crippen molar-refractivity contribution in [2.75, 3.05) is 25.1 Å². The van der Waals surface area contributed by atoms with Crippen LogP contribution in [0.5, 0.6) is 0 Å². The molecule has 6 nitrogen and oxygen atoms in total. The molecule has 144 valence electrons. The molecule has 0 aromatic heterocycles. The van der Waals surface area contributed by atoms with E-state index in [2.05, 4.69) is 5.32 Å². The SMILES string of the molecule is CC(C)(C)OC(=O)N1CCOC[C@@H]1CC(=O)Nc1cccc(C(F)F)c1. The molecule has 0 spiro atoms. The minimum absolute atomic E-state index is 0.0157. The predicted molar refractivity (Wildman–Crippen MR) is 92.2 cm³/mol. The average molecular weight is 370 g/mol. The second-order valence-electron chi connectivity index (χ2n) is 7.08. The maximum absolute atomic E-state index is 12.7. The molecule has 1 N–H and O–H groups in total. The Balaban J connectivity index is 1.99. The highest BCUT2D eigenvalue weighted by Crippen LogP contribution is 2.22. The molecule has 26 heavy (non-hydrogen) atoms. The molecule has 1 saturated heterocycles. The number of morpholine rings is 1. The van der Waals surface area contributed by atoms with Crippen molar-refractivity contribution in [3.8, 4) is 0 Å². The number of carbonyl (C=O) groups excluding carboxylic acids is 2. The van der Waals surface area contributed by atoms with E-state index >= 15 is 0 Å². The minimum atomic E-state index is -2.61. The lowest BCUT2D eigenvalue weighted by Crippen LogP contribution is -2.51. The van der Waals surface area contributed by atoms with Gasteiger partial charge in [0.2, 0.25) is 5.91 Å². The zero-order valence-corrected chi connectivity index (χ0v) is 15.1. The van der Waals surface area contributed by atoms with Crippen LogP contribution in [0.4, 0.5) is 19.3 Å². The van der Waals surface area contributed by atoms with Crippen LogP contribution in [0, 0.1) is 0 Å². The third-order valence-electron chi connectivity index (χ3n) is 3.70. The molecule has 0 aliphatic carbocycles. The fourth-order valence-electron chi connectivity index (χ4n) is 2.56. The number of alkyl halides is 2. The van der Waals surface area contributed by atoms with Crippen molar-refractivity contribution in [3.63, 3.8) is 0 Å². The lowest BCUT2D eigenvalue weighted by Gasteiger charge is -2.36. The topological polar surface area (TPSA) is 67.9 Å². The molecule has 1 aliphatic rings. The van der Waals surface area contributed by atoms with Crippen molar-refractivity contribution in [1.29, 1.82) is 0 Å². The number of ether oxygens (including phenoxy) is 2. The number of halogens is 2. The number of carbonyl (C=O) groups is 2. The van der Waals surface area contributed by atoms with E-state index in [1.54, 1.807) is 20.8 Å². The Labute approximate surface area is 151 Å². The molecule has 1 aliphatic heterocycles. The van der Waals surface area contributed by atoms with Gasteiger partial charge in [-0.1, -0.05) is 12.1 Å². The van der Waals surface area contributed by atoms with Gasteiger partial charge < -0.3 is 19.7 Å². The summed E-state index contributed by atoms with van der Waals surface area (Å²) in [5, 5.41) is 2.59. The highest BCUT2D eigenvalue weighted by molar-refractivity contribution is 5.91. The maximum Gasteiger partial charge on any atom is 0.410 e. The maximum atomic E-state index is 12.7. The van der Waals surface area contributed by atoms with Crippen LogP contribution in [0.1, 0.15) is 39.2 Å². The molecule has 2 rings (SSSR count). The first-order valence-corrected chi connectivity index (χ1v) is 8.41. The summed E-state index contributed by atoms with van der Waals surface area (Å²) in [7, 11) is 0. The zero-order valence-electron chi connectivity index (χ0n) is 15.1. The Morgan fingerprint density at radius 2 is 2.12 bits per heavy atom. The number of hydrogen-bond donors (Lipinski definition) is 1. The Bertz CT molecular complexity index is 646. The zero-order chi connectivity index (χ0) is 19.3. The van der Waals surface area contributed by atoms with E-state index in [1.165, 1.54) is 29.2 Å². The van der Waals surface area contributed by atoms with Crippen LogP contribution in [-0.2, 0) is 14.3 Å². The monoisotopic (exact) mass is 370 g/mol. The molecule has 1 aromatic carbocycles. The molecule has 1 aromatic rings. The highest BCUT2D eigenvalue weighted by atomic mass is 19.3. The average Bonchev–Trinajstić information content (AvgIpc) is 2.53. The summed E-state index contributed by atoms with van der Waals surface area (Å²) in [4.78, 5) is 26.1. The molecule has 0 saturated carbocycles. The van der Waals surface area contributed by atoms with Gasteiger partial charge in [0.1, 0.15) is 5.60 Å². The van der Waals surface area contributed by atoms with E-state index in [0.717, 1.165) is 0 Å². The van der Waals surface area contributed by atoms with Crippen molar-refractivity contribution in [2.45, 2.75) is 45.3 Å². The van der Waals surface area contributed by atoms with Crippen LogP contribution in [0.2, 0.25) is 0 Å². The van der Waals surface area contributed by atoms with Crippen LogP contribution >= 0.6 is 0 Å². The van der Waals surface area contributed by atoms with Crippen LogP contribution in [-0.4, -0.2) is 48.3 Å². The first-order valence-electron chi connectivity index (χ1n) is 8.41. The summed E-state index contributed by atoms with van der Waals surface area (Å²) >= 11 is 0. The highest BCUT2D eigenvalue weighted by Gasteiger charge is 2.32. The first-order chi connectivity index (χ1) is 12.2. The van der Waals surface area contributed by atoms with Crippen LogP contribution < -0.4 is 5.32 Å². The normalized spacial score (nSPS) is 17.9. The smallest absolute Gasteiger partial charge is 0.410 e. The number of nitrogens with one attached hydrogen (secondary N) is 1. The lowest BCUT2D eigenvalue weighted by atomic mass is 10.1. The van der Waals surface area contributed by atoms with E-state index in [0.29, 0.717) is 13.2 Å². The van der Waals surface area contributed by atoms with Gasteiger partial charge in [-0.15, -0.1) is 0 Å². The lowest BCUT2D eigenvalue weighted by molar-refractivity contribution is -0.119. The van der Waals surface area contributed by atoms with Gasteiger partial charge >= 0.3 is 6.09 Å². The molecular formula is C18H24F2N2O4. The van der Waals surface area contributed by atoms with Gasteiger partial charge in [-0.25, -0.2) is 13.6 Å². The second kappa shape index (κ2) is 8.44. The van der Waals surface area contributed by atoms with E-state index in [4.69, 9.17) is 9.47 Å². The third-order valence-corrected chi connectivity index (χ3v) is 3.70. The van der Waals surface area contributed by atoms with E-state index in [9.17, 15) is 18.4 Å². The van der Waals surface area contributed by atoms with Crippen molar-refractivity contribution >= 4 is 17.7 Å². The molecular weight excluding hydrogens is 346 g/mol. The summed E-state index contributed by atoms with van der Waals surface area (Å²) in [5.41, 5.74) is -0.523. The predicted octanol–water partition coefficient (Wildman–Crippen LogP) is 3.59. The summed E-state index contributed by atoms with van der Waals surface area (Å²) in [6.45, 7) is 6.21. The van der Waals surface area contributed by atoms with Gasteiger partial charge in [0.15, 0.2) is 0 Å². The van der Waals surface area contributed by atoms with Gasteiger partial charge in [-0.05, 0) is 32.9 Å². The quantitative estimate of drug-likeness (QED) is 0.880. The van der Waals surface area contributed by atoms with Crippen LogP contribution in [0.25, 0.3) is 0 Å².